The highest BCUT2D eigenvalue weighted by Crippen LogP contribution is 2.26. The lowest BCUT2D eigenvalue weighted by atomic mass is 10.1. The van der Waals surface area contributed by atoms with Crippen molar-refractivity contribution < 1.29 is 0 Å². The zero-order valence-electron chi connectivity index (χ0n) is 12.5. The fourth-order valence-corrected chi connectivity index (χ4v) is 2.67. The van der Waals surface area contributed by atoms with Gasteiger partial charge in [-0.2, -0.15) is 5.10 Å². The van der Waals surface area contributed by atoms with Crippen LogP contribution in [0.2, 0.25) is 0 Å². The number of nitrogens with zero attached hydrogens (tertiary/aromatic N) is 2. The van der Waals surface area contributed by atoms with Gasteiger partial charge in [0.15, 0.2) is 0 Å². The fraction of sp³-hybridized carbons (Fsp3) is 0.111. The second kappa shape index (κ2) is 6.28. The van der Waals surface area contributed by atoms with Crippen LogP contribution in [0.4, 0.5) is 5.69 Å². The lowest BCUT2D eigenvalue weighted by molar-refractivity contribution is 1.23. The normalized spacial score (nSPS) is 11.7. The van der Waals surface area contributed by atoms with Crippen LogP contribution in [-0.2, 0) is 0 Å². The van der Waals surface area contributed by atoms with Gasteiger partial charge in [0, 0.05) is 15.6 Å². The van der Waals surface area contributed by atoms with Gasteiger partial charge in [0.25, 0.3) is 0 Å². The standard InChI is InChI=1S/C18H16BrN3/c1-12-10-18(16-11-15(19)8-9-17(16)20-12)22-21-13(2)14-6-4-3-5-7-14/h3-11H,1-2H3,(H,20,22)/b21-13+. The minimum atomic E-state index is 0.943. The first kappa shape index (κ1) is 14.7. The van der Waals surface area contributed by atoms with E-state index in [4.69, 9.17) is 0 Å². The second-order valence-corrected chi connectivity index (χ2v) is 6.06. The van der Waals surface area contributed by atoms with Gasteiger partial charge in [-0.15, -0.1) is 0 Å². The van der Waals surface area contributed by atoms with Crippen LogP contribution in [0, 0.1) is 6.92 Å². The van der Waals surface area contributed by atoms with Gasteiger partial charge < -0.3 is 0 Å². The van der Waals surface area contributed by atoms with Crippen molar-refractivity contribution in [1.82, 2.24) is 4.98 Å². The number of benzene rings is 2. The topological polar surface area (TPSA) is 37.3 Å². The van der Waals surface area contributed by atoms with Gasteiger partial charge in [-0.25, -0.2) is 0 Å². The molecule has 3 nitrogen and oxygen atoms in total. The number of aromatic nitrogens is 1. The molecule has 0 aliphatic rings. The highest BCUT2D eigenvalue weighted by atomic mass is 79.9. The van der Waals surface area contributed by atoms with Crippen LogP contribution in [0.15, 0.2) is 64.2 Å². The van der Waals surface area contributed by atoms with Crippen LogP contribution < -0.4 is 5.43 Å². The Bertz CT molecular complexity index is 842. The molecular weight excluding hydrogens is 338 g/mol. The van der Waals surface area contributed by atoms with Gasteiger partial charge in [0.2, 0.25) is 0 Å². The third kappa shape index (κ3) is 3.17. The molecule has 22 heavy (non-hydrogen) atoms. The van der Waals surface area contributed by atoms with E-state index in [0.29, 0.717) is 0 Å². The molecule has 110 valence electrons. The van der Waals surface area contributed by atoms with Crippen molar-refractivity contribution in [2.45, 2.75) is 13.8 Å². The van der Waals surface area contributed by atoms with Gasteiger partial charge in [0.1, 0.15) is 0 Å². The summed E-state index contributed by atoms with van der Waals surface area (Å²) in [7, 11) is 0. The molecule has 1 heterocycles. The highest BCUT2D eigenvalue weighted by molar-refractivity contribution is 9.10. The quantitative estimate of drug-likeness (QED) is 0.522. The summed E-state index contributed by atoms with van der Waals surface area (Å²) in [6.07, 6.45) is 0. The van der Waals surface area contributed by atoms with Crippen LogP contribution in [0.3, 0.4) is 0 Å². The molecule has 0 bridgehead atoms. The summed E-state index contributed by atoms with van der Waals surface area (Å²) in [6, 6.07) is 18.2. The number of hydrogen-bond acceptors (Lipinski definition) is 3. The molecule has 1 N–H and O–H groups in total. The predicted octanol–water partition coefficient (Wildman–Crippen LogP) is 5.14. The van der Waals surface area contributed by atoms with Gasteiger partial charge in [-0.3, -0.25) is 10.4 Å². The van der Waals surface area contributed by atoms with Crippen molar-refractivity contribution in [1.29, 1.82) is 0 Å². The molecule has 3 aromatic rings. The van der Waals surface area contributed by atoms with Crippen molar-refractivity contribution in [3.8, 4) is 0 Å². The Morgan fingerprint density at radius 2 is 1.86 bits per heavy atom. The number of hydrazone groups is 1. The molecule has 0 spiro atoms. The fourth-order valence-electron chi connectivity index (χ4n) is 2.31. The highest BCUT2D eigenvalue weighted by Gasteiger charge is 2.05. The lowest BCUT2D eigenvalue weighted by Crippen LogP contribution is -2.00. The molecule has 0 aliphatic carbocycles. The van der Waals surface area contributed by atoms with E-state index >= 15 is 0 Å². The second-order valence-electron chi connectivity index (χ2n) is 5.15. The first-order valence-corrected chi connectivity index (χ1v) is 7.85. The van der Waals surface area contributed by atoms with E-state index in [9.17, 15) is 0 Å². The summed E-state index contributed by atoms with van der Waals surface area (Å²) in [4.78, 5) is 4.55. The Kier molecular flexibility index (Phi) is 4.20. The molecular formula is C18H16BrN3. The molecule has 0 saturated heterocycles. The number of hydrogen-bond donors (Lipinski definition) is 1. The molecule has 0 atom stereocenters. The Labute approximate surface area is 138 Å². The van der Waals surface area contributed by atoms with Gasteiger partial charge >= 0.3 is 0 Å². The summed E-state index contributed by atoms with van der Waals surface area (Å²) >= 11 is 3.51. The SMILES string of the molecule is C/C(=N\Nc1cc(C)nc2ccc(Br)cc12)c1ccccc1. The molecule has 2 aromatic carbocycles. The maximum absolute atomic E-state index is 4.55. The number of nitrogens with one attached hydrogen (secondary N) is 1. The van der Waals surface area contributed by atoms with Crippen LogP contribution in [0.1, 0.15) is 18.2 Å². The Balaban J connectivity index is 1.98. The summed E-state index contributed by atoms with van der Waals surface area (Å²) in [5.41, 5.74) is 8.10. The van der Waals surface area contributed by atoms with Crippen molar-refractivity contribution in [3.05, 3.63) is 70.3 Å². The maximum Gasteiger partial charge on any atom is 0.0727 e. The van der Waals surface area contributed by atoms with E-state index in [1.165, 1.54) is 0 Å². The van der Waals surface area contributed by atoms with E-state index in [2.05, 4.69) is 37.5 Å². The average molecular weight is 354 g/mol. The van der Waals surface area contributed by atoms with Crippen molar-refractivity contribution in [2.24, 2.45) is 5.10 Å². The van der Waals surface area contributed by atoms with Gasteiger partial charge in [0.05, 0.1) is 16.9 Å². The third-order valence-electron chi connectivity index (χ3n) is 3.43. The number of fused-ring (bicyclic) bond motifs is 1. The first-order chi connectivity index (χ1) is 10.6. The monoisotopic (exact) mass is 353 g/mol. The van der Waals surface area contributed by atoms with E-state index < -0.39 is 0 Å². The molecule has 4 heteroatoms. The van der Waals surface area contributed by atoms with Crippen molar-refractivity contribution in [3.63, 3.8) is 0 Å². The third-order valence-corrected chi connectivity index (χ3v) is 3.93. The molecule has 3 rings (SSSR count). The van der Waals surface area contributed by atoms with Crippen LogP contribution >= 0.6 is 15.9 Å². The Morgan fingerprint density at radius 1 is 1.09 bits per heavy atom. The number of rotatable bonds is 3. The summed E-state index contributed by atoms with van der Waals surface area (Å²) < 4.78 is 1.03. The Morgan fingerprint density at radius 3 is 2.64 bits per heavy atom. The van der Waals surface area contributed by atoms with E-state index in [1.54, 1.807) is 0 Å². The van der Waals surface area contributed by atoms with Crippen molar-refractivity contribution in [2.75, 3.05) is 5.43 Å². The minimum Gasteiger partial charge on any atom is -0.277 e. The number of anilines is 1. The van der Waals surface area contributed by atoms with E-state index in [-0.39, 0.29) is 0 Å². The molecule has 1 aromatic heterocycles. The average Bonchev–Trinajstić information content (AvgIpc) is 2.53. The summed E-state index contributed by atoms with van der Waals surface area (Å²) in [5, 5.41) is 5.56. The van der Waals surface area contributed by atoms with Crippen LogP contribution in [-0.4, -0.2) is 10.7 Å². The molecule has 0 radical (unpaired) electrons. The zero-order valence-corrected chi connectivity index (χ0v) is 14.1. The molecule has 0 amide bonds. The predicted molar refractivity (Wildman–Crippen MR) is 96.5 cm³/mol. The first-order valence-electron chi connectivity index (χ1n) is 7.06. The van der Waals surface area contributed by atoms with Gasteiger partial charge in [-0.05, 0) is 43.7 Å². The molecule has 0 fully saturated rings. The lowest BCUT2D eigenvalue weighted by Gasteiger charge is -2.09. The number of pyridine rings is 1. The van der Waals surface area contributed by atoms with Gasteiger partial charge in [-0.1, -0.05) is 46.3 Å². The molecule has 0 aliphatic heterocycles. The van der Waals surface area contributed by atoms with Crippen LogP contribution in [0.25, 0.3) is 10.9 Å². The molecule has 0 unspecified atom stereocenters. The maximum atomic E-state index is 4.55. The summed E-state index contributed by atoms with van der Waals surface area (Å²) in [6.45, 7) is 3.98. The Hall–Kier alpha value is -2.20. The largest absolute Gasteiger partial charge is 0.277 e. The van der Waals surface area contributed by atoms with E-state index in [0.717, 1.165) is 38.0 Å². The number of halogens is 1. The smallest absolute Gasteiger partial charge is 0.0727 e. The number of aryl methyl sites for hydroxylation is 1. The van der Waals surface area contributed by atoms with Crippen LogP contribution in [0.5, 0.6) is 0 Å². The van der Waals surface area contributed by atoms with Crippen molar-refractivity contribution >= 4 is 38.2 Å². The zero-order chi connectivity index (χ0) is 15.5. The summed E-state index contributed by atoms with van der Waals surface area (Å²) in [5.74, 6) is 0. The van der Waals surface area contributed by atoms with E-state index in [1.807, 2.05) is 62.4 Å². The molecule has 0 saturated carbocycles. The minimum absolute atomic E-state index is 0.943.